The van der Waals surface area contributed by atoms with Gasteiger partial charge in [0.25, 0.3) is 0 Å². The molecule has 1 N–H and O–H groups in total. The van der Waals surface area contributed by atoms with Gasteiger partial charge in [-0.05, 0) is 12.1 Å². The summed E-state index contributed by atoms with van der Waals surface area (Å²) in [4.78, 5) is 0. The first-order valence-electron chi connectivity index (χ1n) is 2.90. The summed E-state index contributed by atoms with van der Waals surface area (Å²) in [5.41, 5.74) is 0. The Bertz CT molecular complexity index is 373. The second-order valence-corrected chi connectivity index (χ2v) is 3.37. The summed E-state index contributed by atoms with van der Waals surface area (Å²) in [7, 11) is -4.48. The zero-order valence-electron chi connectivity index (χ0n) is 5.77. The van der Waals surface area contributed by atoms with Crippen LogP contribution in [0.2, 0.25) is 5.02 Å². The van der Waals surface area contributed by atoms with Gasteiger partial charge in [0, 0.05) is 0 Å². The van der Waals surface area contributed by atoms with Gasteiger partial charge in [0.15, 0.2) is 5.75 Å². The van der Waals surface area contributed by atoms with Crippen LogP contribution in [-0.2, 0) is 10.4 Å². The fourth-order valence-electron chi connectivity index (χ4n) is 0.626. The SMILES string of the molecule is O=S(=O)(O)Oc1ccccc1Cl. The lowest BCUT2D eigenvalue weighted by Crippen LogP contribution is -2.06. The number of para-hydroxylation sites is 1. The smallest absolute Gasteiger partial charge is 0.360 e. The monoisotopic (exact) mass is 208 g/mol. The second-order valence-electron chi connectivity index (χ2n) is 1.94. The van der Waals surface area contributed by atoms with Gasteiger partial charge in [-0.3, -0.25) is 4.55 Å². The summed E-state index contributed by atoms with van der Waals surface area (Å²) in [6, 6.07) is 5.92. The van der Waals surface area contributed by atoms with Crippen molar-refractivity contribution in [3.63, 3.8) is 0 Å². The summed E-state index contributed by atoms with van der Waals surface area (Å²) in [5, 5.41) is 0.120. The molecule has 0 spiro atoms. The van der Waals surface area contributed by atoms with Crippen molar-refractivity contribution in [2.75, 3.05) is 0 Å². The van der Waals surface area contributed by atoms with E-state index in [0.717, 1.165) is 0 Å². The molecule has 0 saturated carbocycles. The Hall–Kier alpha value is -0.780. The molecule has 0 fully saturated rings. The fraction of sp³-hybridized carbons (Fsp3) is 0. The lowest BCUT2D eigenvalue weighted by molar-refractivity contribution is 0.387. The molecule has 12 heavy (non-hydrogen) atoms. The molecule has 6 heteroatoms. The van der Waals surface area contributed by atoms with Gasteiger partial charge in [-0.15, -0.1) is 0 Å². The van der Waals surface area contributed by atoms with Gasteiger partial charge in [-0.2, -0.15) is 8.42 Å². The summed E-state index contributed by atoms with van der Waals surface area (Å²) in [6.07, 6.45) is 0. The molecule has 1 aromatic rings. The van der Waals surface area contributed by atoms with Crippen LogP contribution in [0.5, 0.6) is 5.75 Å². The molecule has 0 radical (unpaired) electrons. The Morgan fingerprint density at radius 3 is 2.42 bits per heavy atom. The van der Waals surface area contributed by atoms with Gasteiger partial charge in [-0.25, -0.2) is 0 Å². The third-order valence-electron chi connectivity index (χ3n) is 1.03. The Balaban J connectivity index is 2.98. The zero-order valence-corrected chi connectivity index (χ0v) is 7.34. The molecular weight excluding hydrogens is 204 g/mol. The number of halogens is 1. The van der Waals surface area contributed by atoms with Gasteiger partial charge in [0.05, 0.1) is 5.02 Å². The number of hydrogen-bond acceptors (Lipinski definition) is 3. The molecule has 0 unspecified atom stereocenters. The van der Waals surface area contributed by atoms with E-state index >= 15 is 0 Å². The van der Waals surface area contributed by atoms with Gasteiger partial charge < -0.3 is 4.18 Å². The van der Waals surface area contributed by atoms with Gasteiger partial charge in [0.2, 0.25) is 0 Å². The number of benzene rings is 1. The van der Waals surface area contributed by atoms with Crippen molar-refractivity contribution in [2.24, 2.45) is 0 Å². The first-order chi connectivity index (χ1) is 5.49. The van der Waals surface area contributed by atoms with E-state index in [0.29, 0.717) is 0 Å². The molecule has 4 nitrogen and oxygen atoms in total. The zero-order chi connectivity index (χ0) is 9.19. The minimum absolute atomic E-state index is 0.0957. The topological polar surface area (TPSA) is 63.6 Å². The van der Waals surface area contributed by atoms with Crippen molar-refractivity contribution in [1.82, 2.24) is 0 Å². The maximum absolute atomic E-state index is 10.2. The molecule has 0 bridgehead atoms. The van der Waals surface area contributed by atoms with E-state index in [9.17, 15) is 8.42 Å². The lowest BCUT2D eigenvalue weighted by atomic mass is 10.3. The molecule has 0 aliphatic heterocycles. The molecule has 1 rings (SSSR count). The van der Waals surface area contributed by atoms with Crippen molar-refractivity contribution in [3.05, 3.63) is 29.3 Å². The molecule has 0 amide bonds. The Kier molecular flexibility index (Phi) is 2.56. The summed E-state index contributed by atoms with van der Waals surface area (Å²) < 4.78 is 32.9. The maximum atomic E-state index is 10.2. The standard InChI is InChI=1S/C6H5ClO4S/c7-5-3-1-2-4-6(5)11-12(8,9)10/h1-4H,(H,8,9,10). The first kappa shape index (κ1) is 9.31. The maximum Gasteiger partial charge on any atom is 0.446 e. The Morgan fingerprint density at radius 2 is 1.92 bits per heavy atom. The highest BCUT2D eigenvalue weighted by molar-refractivity contribution is 7.81. The van der Waals surface area contributed by atoms with E-state index < -0.39 is 10.4 Å². The van der Waals surface area contributed by atoms with Crippen LogP contribution in [0.3, 0.4) is 0 Å². The molecule has 0 aliphatic carbocycles. The normalized spacial score (nSPS) is 11.2. The molecule has 0 atom stereocenters. The number of rotatable bonds is 2. The molecule has 66 valence electrons. The highest BCUT2D eigenvalue weighted by atomic mass is 35.5. The molecule has 1 aromatic carbocycles. The first-order valence-corrected chi connectivity index (χ1v) is 4.65. The summed E-state index contributed by atoms with van der Waals surface area (Å²) >= 11 is 5.53. The van der Waals surface area contributed by atoms with E-state index in [1.54, 1.807) is 6.07 Å². The predicted octanol–water partition coefficient (Wildman–Crippen LogP) is 1.52. The van der Waals surface area contributed by atoms with Crippen LogP contribution in [0.4, 0.5) is 0 Å². The largest absolute Gasteiger partial charge is 0.446 e. The van der Waals surface area contributed by atoms with E-state index in [1.165, 1.54) is 18.2 Å². The lowest BCUT2D eigenvalue weighted by Gasteiger charge is -2.01. The predicted molar refractivity (Wildman–Crippen MR) is 43.6 cm³/mol. The van der Waals surface area contributed by atoms with Crippen LogP contribution >= 0.6 is 11.6 Å². The van der Waals surface area contributed by atoms with Gasteiger partial charge in [0.1, 0.15) is 0 Å². The van der Waals surface area contributed by atoms with Crippen LogP contribution < -0.4 is 4.18 Å². The van der Waals surface area contributed by atoms with Crippen LogP contribution in [0.25, 0.3) is 0 Å². The van der Waals surface area contributed by atoms with Crippen LogP contribution in [0, 0.1) is 0 Å². The van der Waals surface area contributed by atoms with Crippen molar-refractivity contribution < 1.29 is 17.2 Å². The fourth-order valence-corrected chi connectivity index (χ4v) is 1.22. The van der Waals surface area contributed by atoms with E-state index in [4.69, 9.17) is 16.2 Å². The van der Waals surface area contributed by atoms with E-state index in [-0.39, 0.29) is 10.8 Å². The Morgan fingerprint density at radius 1 is 1.33 bits per heavy atom. The van der Waals surface area contributed by atoms with Crippen molar-refractivity contribution in [3.8, 4) is 5.75 Å². The molecule has 0 saturated heterocycles. The third kappa shape index (κ3) is 2.69. The number of hydrogen-bond donors (Lipinski definition) is 1. The average molecular weight is 209 g/mol. The van der Waals surface area contributed by atoms with Crippen LogP contribution in [0.15, 0.2) is 24.3 Å². The molecule has 0 heterocycles. The highest BCUT2D eigenvalue weighted by Crippen LogP contribution is 2.23. The summed E-state index contributed by atoms with van der Waals surface area (Å²) in [6.45, 7) is 0. The second kappa shape index (κ2) is 3.30. The van der Waals surface area contributed by atoms with Gasteiger partial charge >= 0.3 is 10.4 Å². The van der Waals surface area contributed by atoms with Crippen LogP contribution in [-0.4, -0.2) is 13.0 Å². The quantitative estimate of drug-likeness (QED) is 0.749. The average Bonchev–Trinajstić information content (AvgIpc) is 1.91. The van der Waals surface area contributed by atoms with E-state index in [1.807, 2.05) is 0 Å². The van der Waals surface area contributed by atoms with Gasteiger partial charge in [-0.1, -0.05) is 23.7 Å². The summed E-state index contributed by atoms with van der Waals surface area (Å²) in [5.74, 6) is -0.0957. The minimum atomic E-state index is -4.48. The molecule has 0 aromatic heterocycles. The molecule has 0 aliphatic rings. The Labute approximate surface area is 74.7 Å². The van der Waals surface area contributed by atoms with Crippen molar-refractivity contribution in [2.45, 2.75) is 0 Å². The van der Waals surface area contributed by atoms with E-state index in [2.05, 4.69) is 4.18 Å². The third-order valence-corrected chi connectivity index (χ3v) is 1.73. The highest BCUT2D eigenvalue weighted by Gasteiger charge is 2.08. The van der Waals surface area contributed by atoms with Crippen LogP contribution in [0.1, 0.15) is 0 Å². The molecular formula is C6H5ClO4S. The minimum Gasteiger partial charge on any atom is -0.360 e. The van der Waals surface area contributed by atoms with Crippen molar-refractivity contribution in [1.29, 1.82) is 0 Å². The van der Waals surface area contributed by atoms with Crippen molar-refractivity contribution >= 4 is 22.0 Å².